The third kappa shape index (κ3) is 4.45. The summed E-state index contributed by atoms with van der Waals surface area (Å²) in [4.78, 5) is 0.926. The van der Waals surface area contributed by atoms with E-state index in [0.29, 0.717) is 25.6 Å². The van der Waals surface area contributed by atoms with Gasteiger partial charge in [-0.05, 0) is 42.1 Å². The maximum atomic E-state index is 8.00. The highest BCUT2D eigenvalue weighted by molar-refractivity contribution is 7.12. The second kappa shape index (κ2) is 7.79. The molecule has 0 saturated heterocycles. The molecule has 4 nitrogen and oxygen atoms in total. The molecule has 0 fully saturated rings. The molecule has 2 rings (SSSR count). The van der Waals surface area contributed by atoms with Gasteiger partial charge < -0.3 is 15.8 Å². The third-order valence-electron chi connectivity index (χ3n) is 2.73. The van der Waals surface area contributed by atoms with Gasteiger partial charge in [-0.2, -0.15) is 0 Å². The Morgan fingerprint density at radius 3 is 2.95 bits per heavy atom. The SMILES string of the molecule is N=C(Nc1cccc(COCCCN)c1)c1cccs1. The summed E-state index contributed by atoms with van der Waals surface area (Å²) in [5.74, 6) is 0.418. The van der Waals surface area contributed by atoms with Crippen LogP contribution in [0.15, 0.2) is 41.8 Å². The standard InChI is InChI=1S/C15H19N3OS/c16-7-3-8-19-11-12-4-1-5-13(10-12)18-15(17)14-6-2-9-20-14/h1-2,4-6,9-10H,3,7-8,11,16H2,(H2,17,18). The number of hydrogen-bond donors (Lipinski definition) is 3. The molecule has 1 heterocycles. The predicted octanol–water partition coefficient (Wildman–Crippen LogP) is 3.05. The van der Waals surface area contributed by atoms with Crippen LogP contribution in [-0.2, 0) is 11.3 Å². The zero-order valence-corrected chi connectivity index (χ0v) is 12.1. The maximum absolute atomic E-state index is 8.00. The van der Waals surface area contributed by atoms with Crippen molar-refractivity contribution in [2.24, 2.45) is 5.73 Å². The summed E-state index contributed by atoms with van der Waals surface area (Å²) >= 11 is 1.55. The van der Waals surface area contributed by atoms with Gasteiger partial charge in [0.05, 0.1) is 11.5 Å². The Hall–Kier alpha value is -1.69. The van der Waals surface area contributed by atoms with Gasteiger partial charge in [0.15, 0.2) is 0 Å². The average molecular weight is 289 g/mol. The van der Waals surface area contributed by atoms with Crippen molar-refractivity contribution in [1.29, 1.82) is 5.41 Å². The van der Waals surface area contributed by atoms with E-state index in [1.807, 2.05) is 41.8 Å². The number of amidine groups is 1. The molecule has 0 saturated carbocycles. The van der Waals surface area contributed by atoms with Crippen LogP contribution in [0.5, 0.6) is 0 Å². The van der Waals surface area contributed by atoms with Gasteiger partial charge in [0.25, 0.3) is 0 Å². The molecule has 20 heavy (non-hydrogen) atoms. The van der Waals surface area contributed by atoms with Gasteiger partial charge in [-0.15, -0.1) is 11.3 Å². The topological polar surface area (TPSA) is 71.1 Å². The highest BCUT2D eigenvalue weighted by Gasteiger charge is 2.03. The van der Waals surface area contributed by atoms with E-state index in [0.717, 1.165) is 22.5 Å². The first-order chi connectivity index (χ1) is 9.79. The minimum atomic E-state index is 0.418. The van der Waals surface area contributed by atoms with Crippen molar-refractivity contribution in [2.75, 3.05) is 18.5 Å². The Balaban J connectivity index is 1.90. The van der Waals surface area contributed by atoms with Crippen LogP contribution in [-0.4, -0.2) is 19.0 Å². The van der Waals surface area contributed by atoms with Crippen LogP contribution in [0, 0.1) is 5.41 Å². The lowest BCUT2D eigenvalue weighted by molar-refractivity contribution is 0.120. The van der Waals surface area contributed by atoms with Crippen LogP contribution in [0.3, 0.4) is 0 Å². The fourth-order valence-corrected chi connectivity index (χ4v) is 2.37. The van der Waals surface area contributed by atoms with E-state index in [1.54, 1.807) is 11.3 Å². The highest BCUT2D eigenvalue weighted by atomic mass is 32.1. The molecule has 0 radical (unpaired) electrons. The van der Waals surface area contributed by atoms with Crippen LogP contribution in [0.4, 0.5) is 5.69 Å². The van der Waals surface area contributed by atoms with Crippen molar-refractivity contribution in [3.05, 3.63) is 52.2 Å². The zero-order chi connectivity index (χ0) is 14.2. The normalized spacial score (nSPS) is 10.4. The van der Waals surface area contributed by atoms with Gasteiger partial charge in [0, 0.05) is 12.3 Å². The summed E-state index contributed by atoms with van der Waals surface area (Å²) in [6.45, 7) is 1.90. The fraction of sp³-hybridized carbons (Fsp3) is 0.267. The van der Waals surface area contributed by atoms with Crippen LogP contribution >= 0.6 is 11.3 Å². The van der Waals surface area contributed by atoms with Crippen LogP contribution < -0.4 is 11.1 Å². The molecule has 0 aliphatic carbocycles. The van der Waals surface area contributed by atoms with Crippen LogP contribution in [0.1, 0.15) is 16.9 Å². The van der Waals surface area contributed by atoms with Crippen LogP contribution in [0.2, 0.25) is 0 Å². The van der Waals surface area contributed by atoms with Crippen molar-refractivity contribution in [3.8, 4) is 0 Å². The van der Waals surface area contributed by atoms with Crippen molar-refractivity contribution < 1.29 is 4.74 Å². The lowest BCUT2D eigenvalue weighted by atomic mass is 10.2. The van der Waals surface area contributed by atoms with Gasteiger partial charge in [-0.3, -0.25) is 5.41 Å². The molecule has 2 aromatic rings. The zero-order valence-electron chi connectivity index (χ0n) is 11.3. The number of anilines is 1. The molecule has 0 unspecified atom stereocenters. The molecule has 1 aromatic heterocycles. The fourth-order valence-electron chi connectivity index (χ4n) is 1.74. The van der Waals surface area contributed by atoms with E-state index in [1.165, 1.54) is 0 Å². The molecule has 4 N–H and O–H groups in total. The van der Waals surface area contributed by atoms with E-state index in [4.69, 9.17) is 15.9 Å². The van der Waals surface area contributed by atoms with E-state index in [9.17, 15) is 0 Å². The van der Waals surface area contributed by atoms with E-state index in [2.05, 4.69) is 5.32 Å². The second-order valence-corrected chi connectivity index (χ2v) is 5.32. The summed E-state index contributed by atoms with van der Waals surface area (Å²) in [5.41, 5.74) is 7.42. The first kappa shape index (κ1) is 14.7. The Labute approximate surface area is 123 Å². The summed E-state index contributed by atoms with van der Waals surface area (Å²) in [6, 6.07) is 11.8. The molecule has 0 amide bonds. The molecule has 0 atom stereocenters. The largest absolute Gasteiger partial charge is 0.377 e. The van der Waals surface area contributed by atoms with Crippen molar-refractivity contribution >= 4 is 22.9 Å². The molecule has 0 aliphatic rings. The van der Waals surface area contributed by atoms with Crippen molar-refractivity contribution in [2.45, 2.75) is 13.0 Å². The summed E-state index contributed by atoms with van der Waals surface area (Å²) in [6.07, 6.45) is 0.876. The molecular formula is C15H19N3OS. The van der Waals surface area contributed by atoms with Crippen molar-refractivity contribution in [3.63, 3.8) is 0 Å². The Kier molecular flexibility index (Phi) is 5.73. The summed E-state index contributed by atoms with van der Waals surface area (Å²) < 4.78 is 5.53. The summed E-state index contributed by atoms with van der Waals surface area (Å²) in [5, 5.41) is 13.1. The number of nitrogens with two attached hydrogens (primary N) is 1. The van der Waals surface area contributed by atoms with Gasteiger partial charge in [-0.1, -0.05) is 18.2 Å². The lowest BCUT2D eigenvalue weighted by Gasteiger charge is -2.09. The molecule has 0 bridgehead atoms. The highest BCUT2D eigenvalue weighted by Crippen LogP contribution is 2.15. The second-order valence-electron chi connectivity index (χ2n) is 4.37. The van der Waals surface area contributed by atoms with Crippen molar-refractivity contribution in [1.82, 2.24) is 0 Å². The van der Waals surface area contributed by atoms with Gasteiger partial charge >= 0.3 is 0 Å². The van der Waals surface area contributed by atoms with E-state index < -0.39 is 0 Å². The third-order valence-corrected chi connectivity index (χ3v) is 3.61. The Bertz CT molecular complexity index is 540. The van der Waals surface area contributed by atoms with Gasteiger partial charge in [-0.25, -0.2) is 0 Å². The molecule has 0 aliphatic heterocycles. The number of benzene rings is 1. The number of ether oxygens (including phenoxy) is 1. The Morgan fingerprint density at radius 1 is 1.30 bits per heavy atom. The lowest BCUT2D eigenvalue weighted by Crippen LogP contribution is -2.10. The summed E-state index contributed by atoms with van der Waals surface area (Å²) in [7, 11) is 0. The number of thiophene rings is 1. The number of rotatable bonds is 7. The van der Waals surface area contributed by atoms with Gasteiger partial charge in [0.2, 0.25) is 0 Å². The minimum Gasteiger partial charge on any atom is -0.377 e. The van der Waals surface area contributed by atoms with Gasteiger partial charge in [0.1, 0.15) is 5.84 Å². The molecular weight excluding hydrogens is 270 g/mol. The molecule has 5 heteroatoms. The minimum absolute atomic E-state index is 0.418. The number of hydrogen-bond acceptors (Lipinski definition) is 4. The molecule has 106 valence electrons. The number of nitrogens with one attached hydrogen (secondary N) is 2. The Morgan fingerprint density at radius 2 is 2.20 bits per heavy atom. The predicted molar refractivity (Wildman–Crippen MR) is 84.5 cm³/mol. The first-order valence-corrected chi connectivity index (χ1v) is 7.44. The first-order valence-electron chi connectivity index (χ1n) is 6.56. The van der Waals surface area contributed by atoms with E-state index in [-0.39, 0.29) is 0 Å². The van der Waals surface area contributed by atoms with E-state index >= 15 is 0 Å². The van der Waals surface area contributed by atoms with Crippen LogP contribution in [0.25, 0.3) is 0 Å². The quantitative estimate of drug-likeness (QED) is 0.417. The smallest absolute Gasteiger partial charge is 0.140 e. The monoisotopic (exact) mass is 289 g/mol. The average Bonchev–Trinajstić information content (AvgIpc) is 2.98. The molecule has 1 aromatic carbocycles. The molecule has 0 spiro atoms. The maximum Gasteiger partial charge on any atom is 0.140 e.